The van der Waals surface area contributed by atoms with Crippen molar-refractivity contribution in [2.24, 2.45) is 0 Å². The van der Waals surface area contributed by atoms with Gasteiger partial charge in [0.2, 0.25) is 5.16 Å². The quantitative estimate of drug-likeness (QED) is 0.773. The molecule has 3 rings (SSSR count). The van der Waals surface area contributed by atoms with E-state index in [-0.39, 0.29) is 6.54 Å². The Balaban J connectivity index is 1.67. The SMILES string of the molecule is O=C(O)Cn1nnnc1SCc1cncn1C1CC1. The smallest absolute Gasteiger partial charge is 0.325 e. The molecule has 1 aliphatic rings. The summed E-state index contributed by atoms with van der Waals surface area (Å²) in [7, 11) is 0. The van der Waals surface area contributed by atoms with E-state index in [4.69, 9.17) is 5.11 Å². The molecule has 9 heteroatoms. The van der Waals surface area contributed by atoms with Gasteiger partial charge in [-0.2, -0.15) is 0 Å². The number of carboxylic acid groups (broad SMARTS) is 1. The van der Waals surface area contributed by atoms with Crippen molar-refractivity contribution in [3.05, 3.63) is 18.2 Å². The summed E-state index contributed by atoms with van der Waals surface area (Å²) in [6, 6.07) is 0.577. The van der Waals surface area contributed by atoms with Crippen molar-refractivity contribution < 1.29 is 9.90 Å². The summed E-state index contributed by atoms with van der Waals surface area (Å²) in [6.45, 7) is -0.225. The van der Waals surface area contributed by atoms with Crippen LogP contribution >= 0.6 is 11.8 Å². The van der Waals surface area contributed by atoms with Gasteiger partial charge in [-0.25, -0.2) is 9.67 Å². The van der Waals surface area contributed by atoms with Gasteiger partial charge in [-0.1, -0.05) is 11.8 Å². The van der Waals surface area contributed by atoms with Gasteiger partial charge in [-0.05, 0) is 23.3 Å². The number of nitrogens with zero attached hydrogens (tertiary/aromatic N) is 6. The number of hydrogen-bond acceptors (Lipinski definition) is 6. The molecule has 0 aliphatic heterocycles. The molecule has 2 aromatic rings. The van der Waals surface area contributed by atoms with E-state index >= 15 is 0 Å². The Morgan fingerprint density at radius 2 is 2.37 bits per heavy atom. The fourth-order valence-corrected chi connectivity index (χ4v) is 2.64. The van der Waals surface area contributed by atoms with E-state index < -0.39 is 5.97 Å². The second-order valence-electron chi connectivity index (χ2n) is 4.32. The predicted molar refractivity (Wildman–Crippen MR) is 65.5 cm³/mol. The molecule has 1 saturated carbocycles. The summed E-state index contributed by atoms with van der Waals surface area (Å²) in [5.74, 6) is -0.284. The topological polar surface area (TPSA) is 98.7 Å². The maximum Gasteiger partial charge on any atom is 0.325 e. The molecule has 0 saturated heterocycles. The van der Waals surface area contributed by atoms with Gasteiger partial charge in [0.25, 0.3) is 0 Å². The molecule has 0 amide bonds. The molecule has 0 atom stereocenters. The van der Waals surface area contributed by atoms with Crippen molar-refractivity contribution in [2.45, 2.75) is 36.3 Å². The minimum atomic E-state index is -0.961. The Hall–Kier alpha value is -1.90. The fourth-order valence-electron chi connectivity index (χ4n) is 1.79. The lowest BCUT2D eigenvalue weighted by Gasteiger charge is -2.05. The Bertz CT molecular complexity index is 590. The van der Waals surface area contributed by atoms with Gasteiger partial charge in [0, 0.05) is 23.7 Å². The number of hydrogen-bond donors (Lipinski definition) is 1. The van der Waals surface area contributed by atoms with Crippen LogP contribution in [0.25, 0.3) is 0 Å². The minimum absolute atomic E-state index is 0.225. The molecular formula is C10H12N6O2S. The van der Waals surface area contributed by atoms with Crippen LogP contribution in [0.3, 0.4) is 0 Å². The van der Waals surface area contributed by atoms with Crippen LogP contribution in [-0.4, -0.2) is 40.8 Å². The Morgan fingerprint density at radius 1 is 1.53 bits per heavy atom. The molecular weight excluding hydrogens is 268 g/mol. The molecule has 1 aliphatic carbocycles. The number of tetrazole rings is 1. The molecule has 1 N–H and O–H groups in total. The third-order valence-electron chi connectivity index (χ3n) is 2.82. The van der Waals surface area contributed by atoms with E-state index in [2.05, 4.69) is 25.1 Å². The van der Waals surface area contributed by atoms with Crippen molar-refractivity contribution in [3.8, 4) is 0 Å². The van der Waals surface area contributed by atoms with Crippen molar-refractivity contribution in [3.63, 3.8) is 0 Å². The highest BCUT2D eigenvalue weighted by Gasteiger charge is 2.25. The molecule has 1 fully saturated rings. The zero-order chi connectivity index (χ0) is 13.2. The average Bonchev–Trinajstić information content (AvgIpc) is 2.95. The summed E-state index contributed by atoms with van der Waals surface area (Å²) < 4.78 is 3.45. The molecule has 8 nitrogen and oxygen atoms in total. The number of imidazole rings is 1. The van der Waals surface area contributed by atoms with Crippen LogP contribution in [0.1, 0.15) is 24.6 Å². The average molecular weight is 280 g/mol. The van der Waals surface area contributed by atoms with Gasteiger partial charge in [-0.3, -0.25) is 4.79 Å². The highest BCUT2D eigenvalue weighted by molar-refractivity contribution is 7.98. The summed E-state index contributed by atoms with van der Waals surface area (Å²) in [5.41, 5.74) is 1.11. The van der Waals surface area contributed by atoms with Crippen molar-refractivity contribution in [1.29, 1.82) is 0 Å². The lowest BCUT2D eigenvalue weighted by Crippen LogP contribution is -2.11. The van der Waals surface area contributed by atoms with E-state index in [1.807, 2.05) is 12.5 Å². The van der Waals surface area contributed by atoms with Crippen LogP contribution in [-0.2, 0) is 17.1 Å². The second kappa shape index (κ2) is 5.00. The van der Waals surface area contributed by atoms with Gasteiger partial charge in [0.15, 0.2) is 0 Å². The Labute approximate surface area is 112 Å². The van der Waals surface area contributed by atoms with Crippen LogP contribution in [0, 0.1) is 0 Å². The Morgan fingerprint density at radius 3 is 3.11 bits per heavy atom. The number of carboxylic acids is 1. The number of aromatic nitrogens is 6. The molecule has 2 heterocycles. The van der Waals surface area contributed by atoms with E-state index in [9.17, 15) is 4.79 Å². The van der Waals surface area contributed by atoms with Crippen LogP contribution in [0.15, 0.2) is 17.7 Å². The first kappa shape index (κ1) is 12.2. The highest BCUT2D eigenvalue weighted by Crippen LogP contribution is 2.36. The van der Waals surface area contributed by atoms with E-state index in [1.165, 1.54) is 29.3 Å². The van der Waals surface area contributed by atoms with Gasteiger partial charge in [0.05, 0.1) is 6.33 Å². The zero-order valence-electron chi connectivity index (χ0n) is 10.0. The third kappa shape index (κ3) is 2.75. The normalized spacial score (nSPS) is 14.7. The first-order valence-electron chi connectivity index (χ1n) is 5.85. The fraction of sp³-hybridized carbons (Fsp3) is 0.500. The van der Waals surface area contributed by atoms with E-state index in [0.29, 0.717) is 17.0 Å². The molecule has 0 radical (unpaired) electrons. The van der Waals surface area contributed by atoms with Gasteiger partial charge >= 0.3 is 5.97 Å². The lowest BCUT2D eigenvalue weighted by atomic mass is 10.5. The first-order valence-corrected chi connectivity index (χ1v) is 6.84. The molecule has 0 spiro atoms. The van der Waals surface area contributed by atoms with Crippen molar-refractivity contribution in [2.75, 3.05) is 0 Å². The number of rotatable bonds is 6. The lowest BCUT2D eigenvalue weighted by molar-refractivity contribution is -0.138. The molecule has 100 valence electrons. The van der Waals surface area contributed by atoms with E-state index in [0.717, 1.165) is 5.69 Å². The first-order chi connectivity index (χ1) is 9.24. The number of thioether (sulfide) groups is 1. The monoisotopic (exact) mass is 280 g/mol. The van der Waals surface area contributed by atoms with Gasteiger partial charge in [0.1, 0.15) is 6.54 Å². The molecule has 0 aromatic carbocycles. The van der Waals surface area contributed by atoms with Crippen molar-refractivity contribution in [1.82, 2.24) is 29.8 Å². The largest absolute Gasteiger partial charge is 0.480 e. The van der Waals surface area contributed by atoms with E-state index in [1.54, 1.807) is 0 Å². The maximum absolute atomic E-state index is 10.7. The van der Waals surface area contributed by atoms with Crippen LogP contribution in [0.2, 0.25) is 0 Å². The molecule has 0 unspecified atom stereocenters. The predicted octanol–water partition coefficient (Wildman–Crippen LogP) is 0.581. The minimum Gasteiger partial charge on any atom is -0.480 e. The van der Waals surface area contributed by atoms with Gasteiger partial charge < -0.3 is 9.67 Å². The highest BCUT2D eigenvalue weighted by atomic mass is 32.2. The summed E-state index contributed by atoms with van der Waals surface area (Å²) >= 11 is 1.42. The van der Waals surface area contributed by atoms with Crippen LogP contribution < -0.4 is 0 Å². The van der Waals surface area contributed by atoms with Crippen LogP contribution in [0.4, 0.5) is 0 Å². The summed E-state index contributed by atoms with van der Waals surface area (Å²) in [4.78, 5) is 14.8. The number of carbonyl (C=O) groups is 1. The summed E-state index contributed by atoms with van der Waals surface area (Å²) in [6.07, 6.45) is 6.07. The zero-order valence-corrected chi connectivity index (χ0v) is 10.8. The molecule has 2 aromatic heterocycles. The second-order valence-corrected chi connectivity index (χ2v) is 5.27. The van der Waals surface area contributed by atoms with Gasteiger partial charge in [-0.15, -0.1) is 5.10 Å². The summed E-state index contributed by atoms with van der Waals surface area (Å²) in [5, 5.41) is 20.2. The maximum atomic E-state index is 10.7. The standard InChI is InChI=1S/C10H12N6O2S/c17-9(18)4-16-10(12-13-14-16)19-5-8-3-11-6-15(8)7-1-2-7/h3,6-7H,1-2,4-5H2,(H,17,18). The van der Waals surface area contributed by atoms with Crippen molar-refractivity contribution >= 4 is 17.7 Å². The molecule has 0 bridgehead atoms. The van der Waals surface area contributed by atoms with Crippen LogP contribution in [0.5, 0.6) is 0 Å². The molecule has 19 heavy (non-hydrogen) atoms. The Kier molecular flexibility index (Phi) is 3.20. The number of aliphatic carboxylic acids is 1. The third-order valence-corrected chi connectivity index (χ3v) is 3.81.